The highest BCUT2D eigenvalue weighted by Crippen LogP contribution is 2.15. The molecule has 0 aromatic heterocycles. The van der Waals surface area contributed by atoms with Crippen LogP contribution in [0.1, 0.15) is 33.1 Å². The summed E-state index contributed by atoms with van der Waals surface area (Å²) in [7, 11) is 0. The molecule has 1 amide bonds. The molecule has 21 heavy (non-hydrogen) atoms. The molecule has 0 bridgehead atoms. The van der Waals surface area contributed by atoms with Crippen LogP contribution in [0.3, 0.4) is 0 Å². The van der Waals surface area contributed by atoms with Crippen molar-refractivity contribution in [1.29, 1.82) is 5.26 Å². The molecule has 1 unspecified atom stereocenters. The Hall–Kier alpha value is -2.09. The number of nitriles is 1. The van der Waals surface area contributed by atoms with E-state index in [2.05, 4.69) is 11.4 Å². The predicted molar refractivity (Wildman–Crippen MR) is 78.1 cm³/mol. The third-order valence-corrected chi connectivity index (χ3v) is 2.84. The molecule has 0 aliphatic carbocycles. The Balaban J connectivity index is 2.25. The van der Waals surface area contributed by atoms with Crippen LogP contribution in [0.4, 0.5) is 4.39 Å². The van der Waals surface area contributed by atoms with E-state index >= 15 is 0 Å². The molecule has 4 nitrogen and oxygen atoms in total. The van der Waals surface area contributed by atoms with Crippen molar-refractivity contribution in [1.82, 2.24) is 5.32 Å². The topological polar surface area (TPSA) is 62.1 Å². The van der Waals surface area contributed by atoms with Gasteiger partial charge in [-0.15, -0.1) is 0 Å². The van der Waals surface area contributed by atoms with E-state index in [0.717, 1.165) is 0 Å². The second-order valence-electron chi connectivity index (χ2n) is 5.26. The number of benzene rings is 1. The monoisotopic (exact) mass is 292 g/mol. The van der Waals surface area contributed by atoms with Crippen LogP contribution in [0.2, 0.25) is 0 Å². The highest BCUT2D eigenvalue weighted by molar-refractivity contribution is 5.76. The third kappa shape index (κ3) is 6.75. The summed E-state index contributed by atoms with van der Waals surface area (Å²) >= 11 is 0. The fourth-order valence-electron chi connectivity index (χ4n) is 1.86. The SMILES string of the molecule is CC(C)CC(C#N)NC(=O)CCCOc1ccccc1F. The van der Waals surface area contributed by atoms with E-state index in [1.807, 2.05) is 13.8 Å². The molecular weight excluding hydrogens is 271 g/mol. The molecule has 0 heterocycles. The van der Waals surface area contributed by atoms with Crippen LogP contribution < -0.4 is 10.1 Å². The minimum Gasteiger partial charge on any atom is -0.491 e. The third-order valence-electron chi connectivity index (χ3n) is 2.84. The van der Waals surface area contributed by atoms with Crippen molar-refractivity contribution in [3.8, 4) is 11.8 Å². The fraction of sp³-hybridized carbons (Fsp3) is 0.500. The number of nitrogens with zero attached hydrogens (tertiary/aromatic N) is 1. The van der Waals surface area contributed by atoms with Crippen LogP contribution in [0.15, 0.2) is 24.3 Å². The Kier molecular flexibility index (Phi) is 7.24. The summed E-state index contributed by atoms with van der Waals surface area (Å²) in [5.74, 6) is -0.0604. The van der Waals surface area contributed by atoms with E-state index in [0.29, 0.717) is 18.8 Å². The molecule has 1 aromatic carbocycles. The molecule has 0 aliphatic rings. The van der Waals surface area contributed by atoms with Crippen LogP contribution in [0.5, 0.6) is 5.75 Å². The number of halogens is 1. The van der Waals surface area contributed by atoms with Gasteiger partial charge in [-0.25, -0.2) is 4.39 Å². The number of amides is 1. The zero-order valence-electron chi connectivity index (χ0n) is 12.4. The quantitative estimate of drug-likeness (QED) is 0.749. The first-order chi connectivity index (χ1) is 10.0. The van der Waals surface area contributed by atoms with Crippen molar-refractivity contribution in [3.05, 3.63) is 30.1 Å². The van der Waals surface area contributed by atoms with Gasteiger partial charge in [0.25, 0.3) is 0 Å². The van der Waals surface area contributed by atoms with Gasteiger partial charge in [0.15, 0.2) is 11.6 Å². The molecule has 5 heteroatoms. The van der Waals surface area contributed by atoms with Gasteiger partial charge in [-0.05, 0) is 30.9 Å². The first-order valence-corrected chi connectivity index (χ1v) is 7.09. The number of hydrogen-bond acceptors (Lipinski definition) is 3. The zero-order chi connectivity index (χ0) is 15.7. The Labute approximate surface area is 124 Å². The van der Waals surface area contributed by atoms with Gasteiger partial charge in [-0.2, -0.15) is 5.26 Å². The van der Waals surface area contributed by atoms with Gasteiger partial charge >= 0.3 is 0 Å². The highest BCUT2D eigenvalue weighted by atomic mass is 19.1. The molecular formula is C16H21FN2O2. The number of hydrogen-bond donors (Lipinski definition) is 1. The number of carbonyl (C=O) groups excluding carboxylic acids is 1. The lowest BCUT2D eigenvalue weighted by atomic mass is 10.0. The summed E-state index contributed by atoms with van der Waals surface area (Å²) in [6, 6.07) is 7.77. The molecule has 0 saturated heterocycles. The maximum atomic E-state index is 13.3. The molecule has 114 valence electrons. The normalized spacial score (nSPS) is 11.8. The van der Waals surface area contributed by atoms with E-state index in [-0.39, 0.29) is 24.7 Å². The number of rotatable bonds is 8. The molecule has 1 atom stereocenters. The van der Waals surface area contributed by atoms with Crippen LogP contribution in [-0.2, 0) is 4.79 Å². The van der Waals surface area contributed by atoms with E-state index in [9.17, 15) is 9.18 Å². The molecule has 1 rings (SSSR count). The molecule has 0 saturated carbocycles. The van der Waals surface area contributed by atoms with Gasteiger partial charge in [-0.3, -0.25) is 4.79 Å². The van der Waals surface area contributed by atoms with E-state index in [4.69, 9.17) is 10.00 Å². The second kappa shape index (κ2) is 8.96. The van der Waals surface area contributed by atoms with E-state index < -0.39 is 11.9 Å². The van der Waals surface area contributed by atoms with Crippen LogP contribution in [-0.4, -0.2) is 18.6 Å². The smallest absolute Gasteiger partial charge is 0.221 e. The standard InChI is InChI=1S/C16H21FN2O2/c1-12(2)10-13(11-18)19-16(20)8-5-9-21-15-7-4-3-6-14(15)17/h3-4,6-7,12-13H,5,8-10H2,1-2H3,(H,19,20). The zero-order valence-corrected chi connectivity index (χ0v) is 12.4. The summed E-state index contributed by atoms with van der Waals surface area (Å²) in [6.45, 7) is 4.26. The van der Waals surface area contributed by atoms with Crippen LogP contribution in [0, 0.1) is 23.1 Å². The van der Waals surface area contributed by atoms with Crippen molar-refractivity contribution < 1.29 is 13.9 Å². The summed E-state index contributed by atoms with van der Waals surface area (Å²) < 4.78 is 18.5. The molecule has 0 fully saturated rings. The van der Waals surface area contributed by atoms with E-state index in [1.165, 1.54) is 6.07 Å². The second-order valence-corrected chi connectivity index (χ2v) is 5.26. The van der Waals surface area contributed by atoms with Crippen molar-refractivity contribution in [2.75, 3.05) is 6.61 Å². The van der Waals surface area contributed by atoms with Crippen molar-refractivity contribution in [2.45, 2.75) is 39.2 Å². The lowest BCUT2D eigenvalue weighted by Crippen LogP contribution is -2.34. The predicted octanol–water partition coefficient (Wildman–Crippen LogP) is 3.04. The minimum absolute atomic E-state index is 0.181. The number of carbonyl (C=O) groups is 1. The van der Waals surface area contributed by atoms with Crippen LogP contribution >= 0.6 is 0 Å². The Morgan fingerprint density at radius 3 is 2.76 bits per heavy atom. The molecule has 0 aliphatic heterocycles. The lowest BCUT2D eigenvalue weighted by Gasteiger charge is -2.13. The maximum Gasteiger partial charge on any atom is 0.221 e. The van der Waals surface area contributed by atoms with Gasteiger partial charge in [0.2, 0.25) is 5.91 Å². The molecule has 0 radical (unpaired) electrons. The number of para-hydroxylation sites is 1. The summed E-state index contributed by atoms with van der Waals surface area (Å²) in [5, 5.41) is 11.6. The average Bonchev–Trinajstić information content (AvgIpc) is 2.44. The Morgan fingerprint density at radius 2 is 2.14 bits per heavy atom. The fourth-order valence-corrected chi connectivity index (χ4v) is 1.86. The van der Waals surface area contributed by atoms with Crippen molar-refractivity contribution in [3.63, 3.8) is 0 Å². The number of nitrogens with one attached hydrogen (secondary N) is 1. The molecule has 0 spiro atoms. The summed E-state index contributed by atoms with van der Waals surface area (Å²) in [4.78, 5) is 11.7. The average molecular weight is 292 g/mol. The molecule has 1 aromatic rings. The van der Waals surface area contributed by atoms with E-state index in [1.54, 1.807) is 18.2 Å². The minimum atomic E-state index is -0.454. The van der Waals surface area contributed by atoms with Gasteiger partial charge in [0.1, 0.15) is 6.04 Å². The largest absolute Gasteiger partial charge is 0.491 e. The van der Waals surface area contributed by atoms with Gasteiger partial charge in [0.05, 0.1) is 12.7 Å². The van der Waals surface area contributed by atoms with Crippen molar-refractivity contribution >= 4 is 5.91 Å². The van der Waals surface area contributed by atoms with Crippen molar-refractivity contribution in [2.24, 2.45) is 5.92 Å². The van der Waals surface area contributed by atoms with Gasteiger partial charge in [-0.1, -0.05) is 26.0 Å². The van der Waals surface area contributed by atoms with Gasteiger partial charge in [0, 0.05) is 6.42 Å². The summed E-state index contributed by atoms with van der Waals surface area (Å²) in [5.41, 5.74) is 0. The van der Waals surface area contributed by atoms with Gasteiger partial charge < -0.3 is 10.1 Å². The van der Waals surface area contributed by atoms with Crippen LogP contribution in [0.25, 0.3) is 0 Å². The Morgan fingerprint density at radius 1 is 1.43 bits per heavy atom. The first kappa shape index (κ1) is 17.0. The lowest BCUT2D eigenvalue weighted by molar-refractivity contribution is -0.121. The molecule has 1 N–H and O–H groups in total. The number of ether oxygens (including phenoxy) is 1. The summed E-state index contributed by atoms with van der Waals surface area (Å²) in [6.07, 6.45) is 1.36. The highest BCUT2D eigenvalue weighted by Gasteiger charge is 2.12. The first-order valence-electron chi connectivity index (χ1n) is 7.09. The maximum absolute atomic E-state index is 13.3. The Bertz CT molecular complexity index is 497.